The monoisotopic (exact) mass is 333 g/mol. The lowest BCUT2D eigenvalue weighted by atomic mass is 9.50. The Kier molecular flexibility index (Phi) is 3.73. The van der Waals surface area contributed by atoms with Crippen molar-refractivity contribution in [2.45, 2.75) is 64.2 Å². The number of fused-ring (bicyclic) bond motifs is 1. The van der Waals surface area contributed by atoms with Gasteiger partial charge >= 0.3 is 0 Å². The number of nitrogens with one attached hydrogen (secondary N) is 1. The zero-order chi connectivity index (χ0) is 17.1. The molecule has 1 aliphatic heterocycles. The van der Waals surface area contributed by atoms with Crippen molar-refractivity contribution in [3.8, 4) is 0 Å². The summed E-state index contributed by atoms with van der Waals surface area (Å²) in [4.78, 5) is 12.7. The molecule has 0 bridgehead atoms. The molecule has 2 heterocycles. The molecule has 1 aromatic heterocycles. The standard InChI is InChI=1S/C18H27N3O3/c1-10-4-14-15(20-21(3)16(14)11(2)24-10)17(23)19-13-7-18(8-13)5-12(6-18)9-22/h10-13,22H,4-9H2,1-3H3,(H,19,23)/t10-,11+,12?,13?,18?/m1/s1. The summed E-state index contributed by atoms with van der Waals surface area (Å²) >= 11 is 0. The second-order valence-electron chi connectivity index (χ2n) is 8.16. The molecule has 0 saturated heterocycles. The van der Waals surface area contributed by atoms with Crippen molar-refractivity contribution < 1.29 is 14.6 Å². The third kappa shape index (κ3) is 2.47. The van der Waals surface area contributed by atoms with Crippen LogP contribution in [0, 0.1) is 11.3 Å². The molecule has 1 aromatic rings. The lowest BCUT2D eigenvalue weighted by molar-refractivity contribution is -0.0644. The Morgan fingerprint density at radius 1 is 1.38 bits per heavy atom. The third-order valence-electron chi connectivity index (χ3n) is 6.12. The van der Waals surface area contributed by atoms with Crippen LogP contribution in [0.4, 0.5) is 0 Å². The van der Waals surface area contributed by atoms with Crippen LogP contribution in [0.5, 0.6) is 0 Å². The summed E-state index contributed by atoms with van der Waals surface area (Å²) in [7, 11) is 1.88. The first kappa shape index (κ1) is 16.1. The van der Waals surface area contributed by atoms with Gasteiger partial charge in [-0.05, 0) is 50.9 Å². The summed E-state index contributed by atoms with van der Waals surface area (Å²) in [6, 6.07) is 0.254. The van der Waals surface area contributed by atoms with Crippen LogP contribution in [0.2, 0.25) is 0 Å². The smallest absolute Gasteiger partial charge is 0.272 e. The van der Waals surface area contributed by atoms with E-state index in [1.807, 2.05) is 20.9 Å². The molecule has 0 unspecified atom stereocenters. The van der Waals surface area contributed by atoms with Gasteiger partial charge in [0.05, 0.1) is 17.9 Å². The Balaban J connectivity index is 1.42. The highest BCUT2D eigenvalue weighted by atomic mass is 16.5. The largest absolute Gasteiger partial charge is 0.396 e. The van der Waals surface area contributed by atoms with Gasteiger partial charge in [-0.1, -0.05) is 0 Å². The maximum Gasteiger partial charge on any atom is 0.272 e. The summed E-state index contributed by atoms with van der Waals surface area (Å²) < 4.78 is 7.65. The van der Waals surface area contributed by atoms with Crippen molar-refractivity contribution in [3.05, 3.63) is 17.0 Å². The summed E-state index contributed by atoms with van der Waals surface area (Å²) in [6.07, 6.45) is 5.13. The molecule has 0 radical (unpaired) electrons. The molecule has 4 rings (SSSR count). The number of rotatable bonds is 3. The van der Waals surface area contributed by atoms with Crippen molar-refractivity contribution in [1.29, 1.82) is 0 Å². The van der Waals surface area contributed by atoms with E-state index < -0.39 is 0 Å². The second kappa shape index (κ2) is 5.56. The van der Waals surface area contributed by atoms with Crippen molar-refractivity contribution in [3.63, 3.8) is 0 Å². The van der Waals surface area contributed by atoms with Gasteiger partial charge in [-0.2, -0.15) is 5.10 Å². The van der Waals surface area contributed by atoms with E-state index in [1.165, 1.54) is 0 Å². The van der Waals surface area contributed by atoms with Crippen LogP contribution < -0.4 is 5.32 Å². The molecular weight excluding hydrogens is 306 g/mol. The highest BCUT2D eigenvalue weighted by molar-refractivity contribution is 5.94. The quantitative estimate of drug-likeness (QED) is 0.883. The number of nitrogens with zero attached hydrogens (tertiary/aromatic N) is 2. The zero-order valence-electron chi connectivity index (χ0n) is 14.7. The number of aliphatic hydroxyl groups excluding tert-OH is 1. The van der Waals surface area contributed by atoms with Crippen LogP contribution in [0.25, 0.3) is 0 Å². The molecule has 1 spiro atoms. The number of carbonyl (C=O) groups excluding carboxylic acids is 1. The van der Waals surface area contributed by atoms with Crippen LogP contribution >= 0.6 is 0 Å². The van der Waals surface area contributed by atoms with Crippen molar-refractivity contribution >= 4 is 5.91 Å². The van der Waals surface area contributed by atoms with Gasteiger partial charge in [0.15, 0.2) is 5.69 Å². The lowest BCUT2D eigenvalue weighted by Gasteiger charge is -2.57. The summed E-state index contributed by atoms with van der Waals surface area (Å²) in [5, 5.41) is 16.8. The molecular formula is C18H27N3O3. The van der Waals surface area contributed by atoms with Gasteiger partial charge < -0.3 is 15.2 Å². The molecule has 2 N–H and O–H groups in total. The Bertz CT molecular complexity index is 655. The molecule has 3 aliphatic rings. The molecule has 6 nitrogen and oxygen atoms in total. The Labute approximate surface area is 142 Å². The number of hydrogen-bond acceptors (Lipinski definition) is 4. The fourth-order valence-corrected chi connectivity index (χ4v) is 5.19. The van der Waals surface area contributed by atoms with Crippen LogP contribution in [-0.4, -0.2) is 39.5 Å². The molecule has 6 heteroatoms. The molecule has 2 atom stereocenters. The first-order valence-electron chi connectivity index (χ1n) is 9.04. The van der Waals surface area contributed by atoms with Gasteiger partial charge in [-0.15, -0.1) is 0 Å². The van der Waals surface area contributed by atoms with E-state index in [1.54, 1.807) is 4.68 Å². The molecule has 2 saturated carbocycles. The van der Waals surface area contributed by atoms with Gasteiger partial charge in [0.25, 0.3) is 5.91 Å². The Hall–Kier alpha value is -1.40. The highest BCUT2D eigenvalue weighted by Crippen LogP contribution is 2.58. The highest BCUT2D eigenvalue weighted by Gasteiger charge is 2.52. The normalized spacial score (nSPS) is 37.5. The van der Waals surface area contributed by atoms with Gasteiger partial charge in [0.2, 0.25) is 0 Å². The summed E-state index contributed by atoms with van der Waals surface area (Å²) in [5.41, 5.74) is 3.02. The average Bonchev–Trinajstić information content (AvgIpc) is 2.76. The van der Waals surface area contributed by atoms with Crippen LogP contribution in [0.3, 0.4) is 0 Å². The fraction of sp³-hybridized carbons (Fsp3) is 0.778. The van der Waals surface area contributed by atoms with E-state index in [9.17, 15) is 4.79 Å². The minimum absolute atomic E-state index is 0.0276. The fourth-order valence-electron chi connectivity index (χ4n) is 5.19. The number of amides is 1. The molecule has 1 amide bonds. The van der Waals surface area contributed by atoms with Crippen molar-refractivity contribution in [2.75, 3.05) is 6.61 Å². The molecule has 2 fully saturated rings. The number of aryl methyl sites for hydroxylation is 1. The lowest BCUT2D eigenvalue weighted by Crippen LogP contribution is -2.56. The average molecular weight is 333 g/mol. The van der Waals surface area contributed by atoms with E-state index in [2.05, 4.69) is 10.4 Å². The molecule has 2 aliphatic carbocycles. The molecule has 0 aromatic carbocycles. The maximum atomic E-state index is 12.7. The van der Waals surface area contributed by atoms with E-state index in [0.29, 0.717) is 23.6 Å². The predicted octanol–water partition coefficient (Wildman–Crippen LogP) is 1.72. The Morgan fingerprint density at radius 2 is 2.08 bits per heavy atom. The van der Waals surface area contributed by atoms with E-state index >= 15 is 0 Å². The number of aromatic nitrogens is 2. The SMILES string of the molecule is C[C@@H]1Cc2c(C(=O)NC3CC4(CC(CO)C4)C3)nn(C)c2[C@H](C)O1. The Morgan fingerprint density at radius 3 is 2.75 bits per heavy atom. The third-order valence-corrected chi connectivity index (χ3v) is 6.12. The number of aliphatic hydroxyl groups is 1. The minimum Gasteiger partial charge on any atom is -0.396 e. The van der Waals surface area contributed by atoms with Crippen molar-refractivity contribution in [2.24, 2.45) is 18.4 Å². The number of hydrogen-bond donors (Lipinski definition) is 2. The second-order valence-corrected chi connectivity index (χ2v) is 8.16. The van der Waals surface area contributed by atoms with E-state index in [4.69, 9.17) is 9.84 Å². The maximum absolute atomic E-state index is 12.7. The first-order chi connectivity index (χ1) is 11.4. The number of ether oxygens (including phenoxy) is 1. The van der Waals surface area contributed by atoms with E-state index in [-0.39, 0.29) is 24.2 Å². The zero-order valence-corrected chi connectivity index (χ0v) is 14.7. The van der Waals surface area contributed by atoms with Gasteiger partial charge in [-0.3, -0.25) is 9.48 Å². The topological polar surface area (TPSA) is 76.4 Å². The molecule has 24 heavy (non-hydrogen) atoms. The number of carbonyl (C=O) groups is 1. The van der Waals surface area contributed by atoms with Crippen LogP contribution in [0.1, 0.15) is 67.4 Å². The summed E-state index contributed by atoms with van der Waals surface area (Å²) in [5.74, 6) is 0.429. The van der Waals surface area contributed by atoms with Crippen LogP contribution in [0.15, 0.2) is 0 Å². The van der Waals surface area contributed by atoms with Gasteiger partial charge in [0.1, 0.15) is 0 Å². The predicted molar refractivity (Wildman–Crippen MR) is 88.6 cm³/mol. The first-order valence-corrected chi connectivity index (χ1v) is 9.04. The van der Waals surface area contributed by atoms with Gasteiger partial charge in [0, 0.05) is 31.7 Å². The van der Waals surface area contributed by atoms with Crippen LogP contribution in [-0.2, 0) is 18.2 Å². The summed E-state index contributed by atoms with van der Waals surface area (Å²) in [6.45, 7) is 4.36. The van der Waals surface area contributed by atoms with E-state index in [0.717, 1.165) is 43.4 Å². The van der Waals surface area contributed by atoms with Crippen molar-refractivity contribution in [1.82, 2.24) is 15.1 Å². The minimum atomic E-state index is -0.0500. The molecule has 132 valence electrons. The van der Waals surface area contributed by atoms with Gasteiger partial charge in [-0.25, -0.2) is 0 Å².